The molecule has 0 saturated carbocycles. The van der Waals surface area contributed by atoms with Gasteiger partial charge in [0.1, 0.15) is 0 Å². The minimum absolute atomic E-state index is 0.0183. The van der Waals surface area contributed by atoms with Crippen molar-refractivity contribution >= 4 is 35.0 Å². The van der Waals surface area contributed by atoms with Crippen molar-refractivity contribution in [1.82, 2.24) is 4.90 Å². The van der Waals surface area contributed by atoms with Gasteiger partial charge in [-0.3, -0.25) is 9.69 Å². The van der Waals surface area contributed by atoms with Gasteiger partial charge in [0.25, 0.3) is 0 Å². The molecule has 1 heterocycles. The number of aryl methyl sites for hydroxylation is 1. The number of hydrogen-bond donors (Lipinski definition) is 1. The van der Waals surface area contributed by atoms with E-state index in [1.807, 2.05) is 37.9 Å². The lowest BCUT2D eigenvalue weighted by molar-refractivity contribution is -0.117. The van der Waals surface area contributed by atoms with E-state index in [1.54, 1.807) is 6.07 Å². The van der Waals surface area contributed by atoms with Gasteiger partial charge in [-0.1, -0.05) is 17.7 Å². The first kappa shape index (κ1) is 14.7. The van der Waals surface area contributed by atoms with Gasteiger partial charge in [0.15, 0.2) is 0 Å². The lowest BCUT2D eigenvalue weighted by Crippen LogP contribution is -2.38. The maximum absolute atomic E-state index is 12.0. The molecule has 104 valence electrons. The molecular weight excluding hydrogens is 280 g/mol. The normalized spacial score (nSPS) is 18.8. The van der Waals surface area contributed by atoms with Crippen LogP contribution >= 0.6 is 23.4 Å². The zero-order valence-electron chi connectivity index (χ0n) is 11.3. The Bertz CT molecular complexity index is 461. The highest BCUT2D eigenvalue weighted by molar-refractivity contribution is 7.99. The van der Waals surface area contributed by atoms with Crippen LogP contribution in [0.3, 0.4) is 0 Å². The third kappa shape index (κ3) is 4.13. The fourth-order valence-corrected chi connectivity index (χ4v) is 3.61. The summed E-state index contributed by atoms with van der Waals surface area (Å²) >= 11 is 7.90. The number of nitrogens with one attached hydrogen (secondary N) is 1. The van der Waals surface area contributed by atoms with Gasteiger partial charge in [0.2, 0.25) is 5.91 Å². The zero-order chi connectivity index (χ0) is 13.8. The molecule has 0 aromatic heterocycles. The highest BCUT2D eigenvalue weighted by Gasteiger charge is 2.21. The van der Waals surface area contributed by atoms with E-state index in [9.17, 15) is 4.79 Å². The third-order valence-electron chi connectivity index (χ3n) is 3.40. The molecule has 1 aliphatic heterocycles. The van der Waals surface area contributed by atoms with Crippen molar-refractivity contribution in [3.8, 4) is 0 Å². The second kappa shape index (κ2) is 6.64. The summed E-state index contributed by atoms with van der Waals surface area (Å²) in [6.45, 7) is 2.39. The second-order valence-corrected chi connectivity index (χ2v) is 6.53. The molecule has 1 aliphatic rings. The van der Waals surface area contributed by atoms with Crippen LogP contribution in [0.5, 0.6) is 0 Å². The van der Waals surface area contributed by atoms with Crippen LogP contribution in [0.25, 0.3) is 0 Å². The molecule has 1 amide bonds. The molecule has 1 fully saturated rings. The Kier molecular flexibility index (Phi) is 5.13. The van der Waals surface area contributed by atoms with Crippen molar-refractivity contribution in [1.29, 1.82) is 0 Å². The van der Waals surface area contributed by atoms with Gasteiger partial charge < -0.3 is 5.32 Å². The van der Waals surface area contributed by atoms with Crippen molar-refractivity contribution in [2.45, 2.75) is 19.4 Å². The number of carbonyl (C=O) groups excluding carboxylic acids is 1. The Hall–Kier alpha value is -0.710. The number of hydrogen-bond acceptors (Lipinski definition) is 3. The molecule has 1 saturated heterocycles. The molecule has 1 aromatic rings. The fourth-order valence-electron chi connectivity index (χ4n) is 2.14. The zero-order valence-corrected chi connectivity index (χ0v) is 12.9. The average Bonchev–Trinajstić information content (AvgIpc) is 2.87. The molecule has 1 N–H and O–H groups in total. The minimum atomic E-state index is 0.0183. The van der Waals surface area contributed by atoms with Gasteiger partial charge in [-0.15, -0.1) is 0 Å². The van der Waals surface area contributed by atoms with Gasteiger partial charge in [-0.25, -0.2) is 0 Å². The second-order valence-electron chi connectivity index (χ2n) is 4.94. The predicted octanol–water partition coefficient (Wildman–Crippen LogP) is 3.02. The topological polar surface area (TPSA) is 32.3 Å². The van der Waals surface area contributed by atoms with E-state index in [1.165, 1.54) is 12.2 Å². The summed E-state index contributed by atoms with van der Waals surface area (Å²) in [4.78, 5) is 14.2. The first-order chi connectivity index (χ1) is 9.06. The van der Waals surface area contributed by atoms with Gasteiger partial charge >= 0.3 is 0 Å². The molecule has 0 bridgehead atoms. The van der Waals surface area contributed by atoms with Crippen LogP contribution in [0.4, 0.5) is 5.69 Å². The average molecular weight is 299 g/mol. The van der Waals surface area contributed by atoms with Crippen LogP contribution in [0.2, 0.25) is 5.02 Å². The minimum Gasteiger partial charge on any atom is -0.325 e. The van der Waals surface area contributed by atoms with E-state index in [0.717, 1.165) is 17.0 Å². The van der Waals surface area contributed by atoms with Crippen molar-refractivity contribution in [2.24, 2.45) is 0 Å². The fraction of sp³-hybridized carbons (Fsp3) is 0.500. The summed E-state index contributed by atoms with van der Waals surface area (Å²) < 4.78 is 0. The summed E-state index contributed by atoms with van der Waals surface area (Å²) in [6.07, 6.45) is 1.17. The molecule has 1 atom stereocenters. The molecule has 5 heteroatoms. The van der Waals surface area contributed by atoms with E-state index in [-0.39, 0.29) is 5.91 Å². The number of carbonyl (C=O) groups is 1. The van der Waals surface area contributed by atoms with Crippen LogP contribution in [0.1, 0.15) is 12.0 Å². The van der Waals surface area contributed by atoms with Crippen LogP contribution in [-0.2, 0) is 4.79 Å². The molecule has 0 aliphatic carbocycles. The molecule has 1 aromatic carbocycles. The van der Waals surface area contributed by atoms with Crippen molar-refractivity contribution in [3.05, 3.63) is 28.8 Å². The molecule has 2 rings (SSSR count). The number of nitrogens with zero attached hydrogens (tertiary/aromatic N) is 1. The van der Waals surface area contributed by atoms with E-state index in [4.69, 9.17) is 11.6 Å². The molecule has 0 unspecified atom stereocenters. The Morgan fingerprint density at radius 2 is 2.37 bits per heavy atom. The first-order valence-electron chi connectivity index (χ1n) is 6.40. The van der Waals surface area contributed by atoms with Crippen LogP contribution in [-0.4, -0.2) is 41.9 Å². The number of benzene rings is 1. The van der Waals surface area contributed by atoms with Crippen molar-refractivity contribution in [2.75, 3.05) is 30.4 Å². The summed E-state index contributed by atoms with van der Waals surface area (Å²) in [6, 6.07) is 6.06. The first-order valence-corrected chi connectivity index (χ1v) is 7.93. The number of amides is 1. The molecule has 0 radical (unpaired) electrons. The summed E-state index contributed by atoms with van der Waals surface area (Å²) in [7, 11) is 2.01. The number of anilines is 1. The Morgan fingerprint density at radius 1 is 1.58 bits per heavy atom. The SMILES string of the molecule is Cc1ccc(Cl)cc1NC(=O)CN(C)[C@H]1CCSC1. The summed E-state index contributed by atoms with van der Waals surface area (Å²) in [5.41, 5.74) is 1.82. The van der Waals surface area contributed by atoms with E-state index in [2.05, 4.69) is 10.2 Å². The number of rotatable bonds is 4. The summed E-state index contributed by atoms with van der Waals surface area (Å²) in [5.74, 6) is 2.34. The Morgan fingerprint density at radius 3 is 3.05 bits per heavy atom. The molecule has 19 heavy (non-hydrogen) atoms. The van der Waals surface area contributed by atoms with Gasteiger partial charge in [-0.2, -0.15) is 11.8 Å². The highest BCUT2D eigenvalue weighted by Crippen LogP contribution is 2.22. The molecular formula is C14H19ClN2OS. The van der Waals surface area contributed by atoms with Crippen molar-refractivity contribution < 1.29 is 4.79 Å². The van der Waals surface area contributed by atoms with E-state index >= 15 is 0 Å². The number of likely N-dealkylation sites (N-methyl/N-ethyl adjacent to an activating group) is 1. The summed E-state index contributed by atoms with van der Waals surface area (Å²) in [5, 5.41) is 3.57. The highest BCUT2D eigenvalue weighted by atomic mass is 35.5. The van der Waals surface area contributed by atoms with Gasteiger partial charge in [0, 0.05) is 22.5 Å². The van der Waals surface area contributed by atoms with E-state index in [0.29, 0.717) is 17.6 Å². The van der Waals surface area contributed by atoms with Crippen molar-refractivity contribution in [3.63, 3.8) is 0 Å². The Balaban J connectivity index is 1.91. The van der Waals surface area contributed by atoms with Crippen LogP contribution < -0.4 is 5.32 Å². The maximum atomic E-state index is 12.0. The monoisotopic (exact) mass is 298 g/mol. The smallest absolute Gasteiger partial charge is 0.238 e. The molecule has 0 spiro atoms. The number of thioether (sulfide) groups is 1. The van der Waals surface area contributed by atoms with Gasteiger partial charge in [-0.05, 0) is 43.8 Å². The lowest BCUT2D eigenvalue weighted by Gasteiger charge is -2.22. The number of halogens is 1. The largest absolute Gasteiger partial charge is 0.325 e. The van der Waals surface area contributed by atoms with Crippen LogP contribution in [0, 0.1) is 6.92 Å². The third-order valence-corrected chi connectivity index (χ3v) is 4.78. The van der Waals surface area contributed by atoms with Crippen LogP contribution in [0.15, 0.2) is 18.2 Å². The molecule has 3 nitrogen and oxygen atoms in total. The lowest BCUT2D eigenvalue weighted by atomic mass is 10.2. The predicted molar refractivity (Wildman–Crippen MR) is 83.2 cm³/mol. The quantitative estimate of drug-likeness (QED) is 0.927. The maximum Gasteiger partial charge on any atom is 0.238 e. The Labute approximate surface area is 123 Å². The van der Waals surface area contributed by atoms with Gasteiger partial charge in [0.05, 0.1) is 6.54 Å². The van der Waals surface area contributed by atoms with E-state index < -0.39 is 0 Å². The standard InChI is InChI=1S/C14H19ClN2OS/c1-10-3-4-11(15)7-13(10)16-14(18)8-17(2)12-5-6-19-9-12/h3-4,7,12H,5-6,8-9H2,1-2H3,(H,16,18)/t12-/m0/s1.